The van der Waals surface area contributed by atoms with Crippen molar-refractivity contribution >= 4 is 0 Å². The molecule has 0 saturated carbocycles. The van der Waals surface area contributed by atoms with Crippen LogP contribution in [0.2, 0.25) is 0 Å². The van der Waals surface area contributed by atoms with Crippen LogP contribution >= 0.6 is 0 Å². The van der Waals surface area contributed by atoms with Gasteiger partial charge in [-0.15, -0.1) is 0 Å². The minimum atomic E-state index is -0.0504. The second kappa shape index (κ2) is 18.6. The van der Waals surface area contributed by atoms with E-state index < -0.39 is 0 Å². The van der Waals surface area contributed by atoms with Gasteiger partial charge in [0.25, 0.3) is 0 Å². The zero-order valence-electron chi connectivity index (χ0n) is 27.8. The van der Waals surface area contributed by atoms with Gasteiger partial charge in [0.05, 0.1) is 12.1 Å². The Morgan fingerprint density at radius 2 is 0.682 bits per heavy atom. The highest BCUT2D eigenvalue weighted by Gasteiger charge is 2.40. The lowest BCUT2D eigenvalue weighted by Gasteiger charge is -2.49. The lowest BCUT2D eigenvalue weighted by molar-refractivity contribution is 0.0434. The van der Waals surface area contributed by atoms with Crippen LogP contribution in [-0.2, 0) is 0 Å². The predicted octanol–water partition coefficient (Wildman–Crippen LogP) is 12.7. The summed E-state index contributed by atoms with van der Waals surface area (Å²) in [6.07, 6.45) is 17.7. The van der Waals surface area contributed by atoms with E-state index >= 15 is 0 Å². The topological polar surface area (TPSA) is 3.24 Å². The molecule has 0 bridgehead atoms. The van der Waals surface area contributed by atoms with E-state index in [-0.39, 0.29) is 17.6 Å². The highest BCUT2D eigenvalue weighted by atomic mass is 15.2. The molecule has 1 heteroatoms. The molecule has 4 rings (SSSR count). The molecule has 0 N–H and O–H groups in total. The maximum Gasteiger partial charge on any atom is 0.0615 e. The van der Waals surface area contributed by atoms with Crippen LogP contribution in [0.3, 0.4) is 0 Å². The number of nitrogens with zero attached hydrogens (tertiary/aromatic N) is 1. The molecule has 0 aromatic heterocycles. The van der Waals surface area contributed by atoms with Crippen molar-refractivity contribution in [1.29, 1.82) is 0 Å². The maximum absolute atomic E-state index is 2.83. The van der Waals surface area contributed by atoms with Gasteiger partial charge in [0.1, 0.15) is 0 Å². The standard InChI is InChI=1S/C43H57N/c1-4-5-6-7-8-9-10-11-12-13-14-27-36-43(2,3)44(41(37-28-19-15-20-29-37)38-30-21-16-22-31-38)42(39-32-23-17-24-33-39)40-34-25-18-26-35-40/h15-26,28-35,41-42H,4-14,27,36H2,1-3H3. The van der Waals surface area contributed by atoms with E-state index in [1.54, 1.807) is 0 Å². The summed E-state index contributed by atoms with van der Waals surface area (Å²) >= 11 is 0. The summed E-state index contributed by atoms with van der Waals surface area (Å²) in [6.45, 7) is 7.28. The van der Waals surface area contributed by atoms with Crippen LogP contribution in [0.25, 0.3) is 0 Å². The lowest BCUT2D eigenvalue weighted by Crippen LogP contribution is -2.49. The first-order valence-electron chi connectivity index (χ1n) is 17.6. The number of rotatable bonds is 20. The quantitative estimate of drug-likeness (QED) is 0.0930. The van der Waals surface area contributed by atoms with Crippen LogP contribution in [0.5, 0.6) is 0 Å². The molecule has 0 fully saturated rings. The molecule has 0 spiro atoms. The van der Waals surface area contributed by atoms with Gasteiger partial charge in [0, 0.05) is 5.54 Å². The number of hydrogen-bond donors (Lipinski definition) is 0. The van der Waals surface area contributed by atoms with Crippen LogP contribution in [0.15, 0.2) is 121 Å². The second-order valence-electron chi connectivity index (χ2n) is 13.3. The van der Waals surface area contributed by atoms with Crippen molar-refractivity contribution in [2.24, 2.45) is 0 Å². The van der Waals surface area contributed by atoms with Gasteiger partial charge >= 0.3 is 0 Å². The van der Waals surface area contributed by atoms with Crippen molar-refractivity contribution in [2.45, 2.75) is 122 Å². The van der Waals surface area contributed by atoms with Crippen molar-refractivity contribution in [3.05, 3.63) is 144 Å². The third-order valence-corrected chi connectivity index (χ3v) is 9.36. The van der Waals surface area contributed by atoms with Crippen molar-refractivity contribution in [1.82, 2.24) is 4.90 Å². The highest BCUT2D eigenvalue weighted by molar-refractivity contribution is 5.38. The molecule has 0 radical (unpaired) electrons. The molecule has 0 aliphatic heterocycles. The molecule has 4 aromatic rings. The van der Waals surface area contributed by atoms with E-state index in [1.165, 1.54) is 99.3 Å². The number of benzene rings is 4. The molecular formula is C43H57N. The Kier molecular flexibility index (Phi) is 14.3. The van der Waals surface area contributed by atoms with Crippen LogP contribution in [0, 0.1) is 0 Å². The van der Waals surface area contributed by atoms with Crippen molar-refractivity contribution < 1.29 is 0 Å². The Morgan fingerprint density at radius 1 is 0.409 bits per heavy atom. The smallest absolute Gasteiger partial charge is 0.0615 e. The van der Waals surface area contributed by atoms with E-state index in [1.807, 2.05) is 0 Å². The van der Waals surface area contributed by atoms with E-state index in [2.05, 4.69) is 147 Å². The van der Waals surface area contributed by atoms with Gasteiger partial charge in [0.15, 0.2) is 0 Å². The maximum atomic E-state index is 2.83. The molecule has 1 nitrogen and oxygen atoms in total. The fourth-order valence-corrected chi connectivity index (χ4v) is 6.94. The summed E-state index contributed by atoms with van der Waals surface area (Å²) < 4.78 is 0. The van der Waals surface area contributed by atoms with E-state index in [9.17, 15) is 0 Å². The normalized spacial score (nSPS) is 12.0. The molecule has 4 aromatic carbocycles. The summed E-state index contributed by atoms with van der Waals surface area (Å²) in [5.74, 6) is 0. The minimum Gasteiger partial charge on any atom is -0.276 e. The second-order valence-corrected chi connectivity index (χ2v) is 13.3. The van der Waals surface area contributed by atoms with Crippen molar-refractivity contribution in [3.8, 4) is 0 Å². The van der Waals surface area contributed by atoms with Crippen molar-refractivity contribution in [2.75, 3.05) is 0 Å². The van der Waals surface area contributed by atoms with Gasteiger partial charge < -0.3 is 0 Å². The minimum absolute atomic E-state index is 0.0504. The van der Waals surface area contributed by atoms with Gasteiger partial charge in [0.2, 0.25) is 0 Å². The lowest BCUT2D eigenvalue weighted by atomic mass is 9.83. The summed E-state index contributed by atoms with van der Waals surface area (Å²) in [5.41, 5.74) is 5.33. The Morgan fingerprint density at radius 3 is 0.977 bits per heavy atom. The third-order valence-electron chi connectivity index (χ3n) is 9.36. The molecule has 234 valence electrons. The van der Waals surface area contributed by atoms with Crippen LogP contribution in [-0.4, -0.2) is 10.4 Å². The number of hydrogen-bond acceptors (Lipinski definition) is 1. The molecule has 0 unspecified atom stereocenters. The zero-order valence-corrected chi connectivity index (χ0v) is 27.8. The molecule has 0 aliphatic carbocycles. The first kappa shape index (κ1) is 33.7. The Labute approximate surface area is 269 Å². The van der Waals surface area contributed by atoms with Gasteiger partial charge in [-0.2, -0.15) is 0 Å². The predicted molar refractivity (Wildman–Crippen MR) is 191 cm³/mol. The van der Waals surface area contributed by atoms with Gasteiger partial charge in [-0.25, -0.2) is 0 Å². The third kappa shape index (κ3) is 10.2. The molecule has 0 saturated heterocycles. The van der Waals surface area contributed by atoms with Crippen LogP contribution < -0.4 is 0 Å². The highest BCUT2D eigenvalue weighted by Crippen LogP contribution is 2.45. The monoisotopic (exact) mass is 587 g/mol. The van der Waals surface area contributed by atoms with Gasteiger partial charge in [-0.3, -0.25) is 4.90 Å². The summed E-state index contributed by atoms with van der Waals surface area (Å²) in [7, 11) is 0. The molecule has 0 amide bonds. The molecule has 0 aliphatic rings. The molecule has 0 heterocycles. The zero-order chi connectivity index (χ0) is 30.9. The SMILES string of the molecule is CCCCCCCCCCCCCCC(C)(C)N(C(c1ccccc1)c1ccccc1)C(c1ccccc1)c1ccccc1. The summed E-state index contributed by atoms with van der Waals surface area (Å²) in [4.78, 5) is 2.83. The average Bonchev–Trinajstić information content (AvgIpc) is 3.07. The Balaban J connectivity index is 1.56. The molecular weight excluding hydrogens is 530 g/mol. The fourth-order valence-electron chi connectivity index (χ4n) is 6.94. The molecule has 0 atom stereocenters. The fraction of sp³-hybridized carbons (Fsp3) is 0.442. The average molecular weight is 588 g/mol. The van der Waals surface area contributed by atoms with E-state index in [0.29, 0.717) is 0 Å². The summed E-state index contributed by atoms with van der Waals surface area (Å²) in [5, 5.41) is 0. The van der Waals surface area contributed by atoms with Crippen LogP contribution in [0.4, 0.5) is 0 Å². The van der Waals surface area contributed by atoms with Crippen molar-refractivity contribution in [3.63, 3.8) is 0 Å². The van der Waals surface area contributed by atoms with Crippen LogP contribution in [0.1, 0.15) is 139 Å². The van der Waals surface area contributed by atoms with Gasteiger partial charge in [-0.05, 0) is 42.5 Å². The van der Waals surface area contributed by atoms with E-state index in [4.69, 9.17) is 0 Å². The Bertz CT molecular complexity index is 1100. The summed E-state index contributed by atoms with van der Waals surface area (Å²) in [6, 6.07) is 44.9. The van der Waals surface area contributed by atoms with Gasteiger partial charge in [-0.1, -0.05) is 205 Å². The first-order chi connectivity index (χ1) is 21.6. The first-order valence-corrected chi connectivity index (χ1v) is 17.6. The van der Waals surface area contributed by atoms with E-state index in [0.717, 1.165) is 6.42 Å². The number of unbranched alkanes of at least 4 members (excludes halogenated alkanes) is 11. The molecule has 44 heavy (non-hydrogen) atoms. The Hall–Kier alpha value is -3.16. The largest absolute Gasteiger partial charge is 0.276 e.